The zero-order valence-electron chi connectivity index (χ0n) is 7.74. The van der Waals surface area contributed by atoms with E-state index < -0.39 is 10.8 Å². The first-order valence-electron chi connectivity index (χ1n) is 4.11. The Morgan fingerprint density at radius 3 is 2.92 bits per heavy atom. The average molecular weight is 203 g/mol. The summed E-state index contributed by atoms with van der Waals surface area (Å²) < 4.78 is 15.8. The largest absolute Gasteiger partial charge is 0.337 e. The predicted molar refractivity (Wildman–Crippen MR) is 51.1 cm³/mol. The fourth-order valence-corrected chi connectivity index (χ4v) is 1.40. The van der Waals surface area contributed by atoms with Gasteiger partial charge < -0.3 is 9.84 Å². The van der Waals surface area contributed by atoms with Crippen LogP contribution in [0.25, 0.3) is 0 Å². The molecule has 1 N–H and O–H groups in total. The summed E-state index contributed by atoms with van der Waals surface area (Å²) in [5.74, 6) is 1.89. The lowest BCUT2D eigenvalue weighted by Crippen LogP contribution is -2.12. The van der Waals surface area contributed by atoms with Gasteiger partial charge in [0.15, 0.2) is 5.82 Å². The van der Waals surface area contributed by atoms with Gasteiger partial charge in [-0.3, -0.25) is 4.21 Å². The maximum absolute atomic E-state index is 11.0. The molecule has 0 saturated carbocycles. The highest BCUT2D eigenvalue weighted by molar-refractivity contribution is 7.84. The van der Waals surface area contributed by atoms with Crippen LogP contribution in [-0.2, 0) is 10.8 Å². The number of hydrogen-bond donors (Lipinski definition) is 1. The van der Waals surface area contributed by atoms with Gasteiger partial charge >= 0.3 is 6.01 Å². The number of nitrogens with zero attached hydrogens (tertiary/aromatic N) is 2. The van der Waals surface area contributed by atoms with Crippen LogP contribution in [0.2, 0.25) is 0 Å². The van der Waals surface area contributed by atoms with Crippen molar-refractivity contribution in [3.05, 3.63) is 5.82 Å². The van der Waals surface area contributed by atoms with Crippen molar-refractivity contribution in [1.82, 2.24) is 10.1 Å². The number of nitrogens with one attached hydrogen (secondary N) is 1. The number of aromatic nitrogens is 2. The van der Waals surface area contributed by atoms with Gasteiger partial charge in [-0.1, -0.05) is 12.1 Å². The van der Waals surface area contributed by atoms with E-state index in [1.807, 2.05) is 6.92 Å². The molecule has 0 aliphatic heterocycles. The molecule has 0 bridgehead atoms. The third-order valence-corrected chi connectivity index (χ3v) is 2.76. The van der Waals surface area contributed by atoms with E-state index in [9.17, 15) is 4.21 Å². The molecule has 0 spiro atoms. The second-order valence-corrected chi connectivity index (χ2v) is 4.37. The quantitative estimate of drug-likeness (QED) is 0.757. The van der Waals surface area contributed by atoms with Gasteiger partial charge in [0.05, 0.1) is 0 Å². The summed E-state index contributed by atoms with van der Waals surface area (Å²) in [6.07, 6.45) is 0. The van der Waals surface area contributed by atoms with Crippen molar-refractivity contribution in [2.24, 2.45) is 0 Å². The van der Waals surface area contributed by atoms with Gasteiger partial charge in [-0.2, -0.15) is 4.98 Å². The molecule has 0 aliphatic carbocycles. The van der Waals surface area contributed by atoms with Crippen molar-refractivity contribution >= 4 is 16.8 Å². The standard InChI is InChI=1S/C7H13N3O2S/c1-3-13(11)5-4-8-7-9-6(2)10-12-7/h3-5H2,1-2H3,(H,8,9,10). The maximum Gasteiger partial charge on any atom is 0.321 e. The van der Waals surface area contributed by atoms with Crippen LogP contribution in [0.4, 0.5) is 6.01 Å². The number of aryl methyl sites for hydroxylation is 1. The molecule has 6 heteroatoms. The molecule has 1 aromatic rings. The third kappa shape index (κ3) is 3.54. The Labute approximate surface area is 79.4 Å². The molecule has 0 aromatic carbocycles. The Morgan fingerprint density at radius 1 is 1.62 bits per heavy atom. The molecule has 0 radical (unpaired) electrons. The second kappa shape index (κ2) is 4.96. The summed E-state index contributed by atoms with van der Waals surface area (Å²) in [6.45, 7) is 4.24. The van der Waals surface area contributed by atoms with Crippen LogP contribution in [0.3, 0.4) is 0 Å². The summed E-state index contributed by atoms with van der Waals surface area (Å²) in [5, 5.41) is 6.51. The highest BCUT2D eigenvalue weighted by Crippen LogP contribution is 2.00. The summed E-state index contributed by atoms with van der Waals surface area (Å²) >= 11 is 0. The van der Waals surface area contributed by atoms with Crippen LogP contribution in [-0.4, -0.2) is 32.4 Å². The Kier molecular flexibility index (Phi) is 3.88. The van der Waals surface area contributed by atoms with Crippen LogP contribution < -0.4 is 5.32 Å². The van der Waals surface area contributed by atoms with E-state index in [-0.39, 0.29) is 0 Å². The molecular weight excluding hydrogens is 190 g/mol. The van der Waals surface area contributed by atoms with Gasteiger partial charge in [0.1, 0.15) is 0 Å². The lowest BCUT2D eigenvalue weighted by atomic mass is 10.7. The first kappa shape index (κ1) is 10.2. The van der Waals surface area contributed by atoms with Crippen LogP contribution in [0.15, 0.2) is 4.52 Å². The Hall–Kier alpha value is -0.910. The third-order valence-electron chi connectivity index (χ3n) is 1.46. The van der Waals surface area contributed by atoms with Gasteiger partial charge in [0, 0.05) is 28.9 Å². The van der Waals surface area contributed by atoms with E-state index in [1.54, 1.807) is 6.92 Å². The van der Waals surface area contributed by atoms with Crippen LogP contribution >= 0.6 is 0 Å². The molecule has 5 nitrogen and oxygen atoms in total. The Balaban J connectivity index is 2.24. The zero-order chi connectivity index (χ0) is 9.68. The molecule has 0 saturated heterocycles. The van der Waals surface area contributed by atoms with Crippen molar-refractivity contribution in [2.45, 2.75) is 13.8 Å². The van der Waals surface area contributed by atoms with E-state index in [4.69, 9.17) is 4.52 Å². The molecule has 1 rings (SSSR count). The lowest BCUT2D eigenvalue weighted by molar-refractivity contribution is 0.426. The monoisotopic (exact) mass is 203 g/mol. The molecule has 13 heavy (non-hydrogen) atoms. The Bertz CT molecular complexity index is 287. The predicted octanol–water partition coefficient (Wildman–Crippen LogP) is 0.559. The fourth-order valence-electron chi connectivity index (χ4n) is 0.785. The van der Waals surface area contributed by atoms with E-state index >= 15 is 0 Å². The van der Waals surface area contributed by atoms with Gasteiger partial charge in [-0.05, 0) is 6.92 Å². The number of rotatable bonds is 5. The minimum absolute atomic E-state index is 0.394. The van der Waals surface area contributed by atoms with E-state index in [0.717, 1.165) is 0 Å². The zero-order valence-corrected chi connectivity index (χ0v) is 8.56. The maximum atomic E-state index is 11.0. The van der Waals surface area contributed by atoms with Crippen molar-refractivity contribution in [2.75, 3.05) is 23.4 Å². The minimum atomic E-state index is -0.746. The van der Waals surface area contributed by atoms with Crippen LogP contribution in [0.5, 0.6) is 0 Å². The Morgan fingerprint density at radius 2 is 2.38 bits per heavy atom. The first-order chi connectivity index (χ1) is 6.22. The van der Waals surface area contributed by atoms with Gasteiger partial charge in [0.25, 0.3) is 0 Å². The molecule has 1 heterocycles. The van der Waals surface area contributed by atoms with Crippen LogP contribution in [0.1, 0.15) is 12.7 Å². The van der Waals surface area contributed by atoms with Gasteiger partial charge in [-0.15, -0.1) is 0 Å². The highest BCUT2D eigenvalue weighted by atomic mass is 32.2. The molecule has 74 valence electrons. The fraction of sp³-hybridized carbons (Fsp3) is 0.714. The second-order valence-electron chi connectivity index (χ2n) is 2.51. The minimum Gasteiger partial charge on any atom is -0.337 e. The summed E-state index contributed by atoms with van der Waals surface area (Å²) in [7, 11) is -0.746. The summed E-state index contributed by atoms with van der Waals surface area (Å²) in [6, 6.07) is 0.394. The normalized spacial score (nSPS) is 12.8. The summed E-state index contributed by atoms with van der Waals surface area (Å²) in [4.78, 5) is 3.95. The average Bonchev–Trinajstić information content (AvgIpc) is 2.51. The topological polar surface area (TPSA) is 68.0 Å². The van der Waals surface area contributed by atoms with Gasteiger partial charge in [-0.25, -0.2) is 0 Å². The van der Waals surface area contributed by atoms with Crippen molar-refractivity contribution < 1.29 is 8.73 Å². The first-order valence-corrected chi connectivity index (χ1v) is 5.60. The summed E-state index contributed by atoms with van der Waals surface area (Å²) in [5.41, 5.74) is 0. The smallest absolute Gasteiger partial charge is 0.321 e. The molecular formula is C7H13N3O2S. The SMILES string of the molecule is CCS(=O)CCNc1nc(C)no1. The lowest BCUT2D eigenvalue weighted by Gasteiger charge is -1.98. The molecule has 1 atom stereocenters. The molecule has 1 aromatic heterocycles. The highest BCUT2D eigenvalue weighted by Gasteiger charge is 2.01. The van der Waals surface area contributed by atoms with Crippen molar-refractivity contribution in [3.8, 4) is 0 Å². The van der Waals surface area contributed by atoms with Crippen molar-refractivity contribution in [3.63, 3.8) is 0 Å². The van der Waals surface area contributed by atoms with Gasteiger partial charge in [0.2, 0.25) is 0 Å². The molecule has 1 unspecified atom stereocenters. The van der Waals surface area contributed by atoms with E-state index in [1.165, 1.54) is 0 Å². The number of hydrogen-bond acceptors (Lipinski definition) is 5. The van der Waals surface area contributed by atoms with E-state index in [2.05, 4.69) is 15.5 Å². The molecule has 0 aliphatic rings. The molecule has 0 fully saturated rings. The number of anilines is 1. The van der Waals surface area contributed by atoms with Crippen molar-refractivity contribution in [1.29, 1.82) is 0 Å². The van der Waals surface area contributed by atoms with Crippen LogP contribution in [0, 0.1) is 6.92 Å². The van der Waals surface area contributed by atoms with E-state index in [0.29, 0.717) is 29.9 Å². The molecule has 0 amide bonds.